The van der Waals surface area contributed by atoms with Crippen LogP contribution in [0.1, 0.15) is 20.3 Å². The molecule has 0 aromatic carbocycles. The molecule has 1 rings (SSSR count). The summed E-state index contributed by atoms with van der Waals surface area (Å²) in [7, 11) is 0. The molecule has 1 saturated heterocycles. The zero-order chi connectivity index (χ0) is 11.3. The van der Waals surface area contributed by atoms with Gasteiger partial charge in [0.2, 0.25) is 0 Å². The third kappa shape index (κ3) is 4.59. The standard InChI is InChI=1S/C10H20N2O3/c1-7(11)5-8(2)12-10(13)9-6-14-3-4-15-9/h7-9H,3-6,11H2,1-2H3,(H,12,13). The van der Waals surface area contributed by atoms with Crippen LogP contribution >= 0.6 is 0 Å². The van der Waals surface area contributed by atoms with Gasteiger partial charge in [0.15, 0.2) is 6.10 Å². The number of nitrogens with two attached hydrogens (primary N) is 1. The topological polar surface area (TPSA) is 73.6 Å². The van der Waals surface area contributed by atoms with Crippen LogP contribution in [0.2, 0.25) is 0 Å². The highest BCUT2D eigenvalue weighted by atomic mass is 16.6. The molecule has 3 N–H and O–H groups in total. The zero-order valence-corrected chi connectivity index (χ0v) is 9.36. The number of nitrogens with one attached hydrogen (secondary N) is 1. The minimum Gasteiger partial charge on any atom is -0.376 e. The molecule has 15 heavy (non-hydrogen) atoms. The number of ether oxygens (including phenoxy) is 2. The van der Waals surface area contributed by atoms with Crippen LogP contribution in [0.15, 0.2) is 0 Å². The summed E-state index contributed by atoms with van der Waals surface area (Å²) in [6, 6.07) is 0.159. The fourth-order valence-electron chi connectivity index (χ4n) is 1.59. The van der Waals surface area contributed by atoms with E-state index in [1.807, 2.05) is 13.8 Å². The third-order valence-corrected chi connectivity index (χ3v) is 2.22. The molecule has 3 unspecified atom stereocenters. The summed E-state index contributed by atoms with van der Waals surface area (Å²) in [6.45, 7) is 5.25. The molecule has 0 aromatic heterocycles. The van der Waals surface area contributed by atoms with Crippen molar-refractivity contribution in [2.75, 3.05) is 19.8 Å². The number of rotatable bonds is 4. The van der Waals surface area contributed by atoms with Gasteiger partial charge in [0.05, 0.1) is 19.8 Å². The molecule has 88 valence electrons. The van der Waals surface area contributed by atoms with Gasteiger partial charge >= 0.3 is 0 Å². The highest BCUT2D eigenvalue weighted by molar-refractivity contribution is 5.81. The molecule has 0 aromatic rings. The Labute approximate surface area is 90.3 Å². The summed E-state index contributed by atoms with van der Waals surface area (Å²) >= 11 is 0. The number of carbonyl (C=O) groups is 1. The maximum Gasteiger partial charge on any atom is 0.251 e. The minimum atomic E-state index is -0.464. The van der Waals surface area contributed by atoms with Crippen molar-refractivity contribution in [1.82, 2.24) is 5.32 Å². The normalized spacial score (nSPS) is 25.7. The Morgan fingerprint density at radius 1 is 1.53 bits per heavy atom. The maximum atomic E-state index is 11.6. The molecule has 0 saturated carbocycles. The summed E-state index contributed by atoms with van der Waals surface area (Å²) in [4.78, 5) is 11.6. The predicted octanol–water partition coefficient (Wildman–Crippen LogP) is -0.356. The Bertz CT molecular complexity index is 203. The molecule has 0 bridgehead atoms. The van der Waals surface area contributed by atoms with E-state index in [2.05, 4.69) is 5.32 Å². The summed E-state index contributed by atoms with van der Waals surface area (Å²) in [5.41, 5.74) is 5.64. The van der Waals surface area contributed by atoms with E-state index in [0.29, 0.717) is 19.8 Å². The second kappa shape index (κ2) is 6.05. The molecule has 3 atom stereocenters. The van der Waals surface area contributed by atoms with E-state index in [9.17, 15) is 4.79 Å². The highest BCUT2D eigenvalue weighted by Crippen LogP contribution is 2.02. The van der Waals surface area contributed by atoms with Crippen molar-refractivity contribution in [3.8, 4) is 0 Å². The van der Waals surface area contributed by atoms with Gasteiger partial charge in [-0.3, -0.25) is 4.79 Å². The van der Waals surface area contributed by atoms with Crippen LogP contribution in [-0.4, -0.2) is 43.9 Å². The Morgan fingerprint density at radius 3 is 2.80 bits per heavy atom. The lowest BCUT2D eigenvalue weighted by molar-refractivity contribution is -0.148. The van der Waals surface area contributed by atoms with Gasteiger partial charge in [-0.15, -0.1) is 0 Å². The molecule has 1 aliphatic rings. The third-order valence-electron chi connectivity index (χ3n) is 2.22. The van der Waals surface area contributed by atoms with Crippen LogP contribution in [0.4, 0.5) is 0 Å². The lowest BCUT2D eigenvalue weighted by Crippen LogP contribution is -2.46. The van der Waals surface area contributed by atoms with E-state index in [-0.39, 0.29) is 18.0 Å². The van der Waals surface area contributed by atoms with Crippen LogP contribution in [0, 0.1) is 0 Å². The average molecular weight is 216 g/mol. The Kier molecular flexibility index (Phi) is 5.01. The molecule has 1 aliphatic heterocycles. The van der Waals surface area contributed by atoms with Crippen LogP contribution in [0.5, 0.6) is 0 Å². The SMILES string of the molecule is CC(N)CC(C)NC(=O)C1COCCO1. The Hall–Kier alpha value is -0.650. The lowest BCUT2D eigenvalue weighted by atomic mass is 10.1. The van der Waals surface area contributed by atoms with Crippen LogP contribution in [0.3, 0.4) is 0 Å². The summed E-state index contributed by atoms with van der Waals surface area (Å²) in [5.74, 6) is -0.108. The monoisotopic (exact) mass is 216 g/mol. The Morgan fingerprint density at radius 2 is 2.27 bits per heavy atom. The van der Waals surface area contributed by atoms with E-state index in [1.54, 1.807) is 0 Å². The van der Waals surface area contributed by atoms with Crippen molar-refractivity contribution in [3.05, 3.63) is 0 Å². The van der Waals surface area contributed by atoms with E-state index < -0.39 is 6.10 Å². The average Bonchev–Trinajstić information content (AvgIpc) is 2.17. The van der Waals surface area contributed by atoms with Crippen LogP contribution in [0.25, 0.3) is 0 Å². The van der Waals surface area contributed by atoms with E-state index in [0.717, 1.165) is 6.42 Å². The highest BCUT2D eigenvalue weighted by Gasteiger charge is 2.23. The van der Waals surface area contributed by atoms with Crippen molar-refractivity contribution in [1.29, 1.82) is 0 Å². The van der Waals surface area contributed by atoms with Gasteiger partial charge in [-0.05, 0) is 20.3 Å². The van der Waals surface area contributed by atoms with Crippen molar-refractivity contribution in [3.63, 3.8) is 0 Å². The first-order chi connectivity index (χ1) is 7.09. The molecular weight excluding hydrogens is 196 g/mol. The van der Waals surface area contributed by atoms with Crippen molar-refractivity contribution in [2.45, 2.75) is 38.5 Å². The molecule has 1 amide bonds. The van der Waals surface area contributed by atoms with Crippen molar-refractivity contribution < 1.29 is 14.3 Å². The first kappa shape index (κ1) is 12.4. The van der Waals surface area contributed by atoms with Crippen LogP contribution < -0.4 is 11.1 Å². The van der Waals surface area contributed by atoms with Gasteiger partial charge < -0.3 is 20.5 Å². The molecule has 1 heterocycles. The quantitative estimate of drug-likeness (QED) is 0.673. The molecule has 5 heteroatoms. The number of hydrogen-bond donors (Lipinski definition) is 2. The molecule has 5 nitrogen and oxygen atoms in total. The summed E-state index contributed by atoms with van der Waals surface area (Å²) < 4.78 is 10.4. The van der Waals surface area contributed by atoms with Crippen LogP contribution in [-0.2, 0) is 14.3 Å². The largest absolute Gasteiger partial charge is 0.376 e. The minimum absolute atomic E-state index is 0.0722. The van der Waals surface area contributed by atoms with E-state index >= 15 is 0 Å². The molecule has 1 fully saturated rings. The van der Waals surface area contributed by atoms with E-state index in [1.165, 1.54) is 0 Å². The second-order valence-corrected chi connectivity index (χ2v) is 4.06. The van der Waals surface area contributed by atoms with E-state index in [4.69, 9.17) is 15.2 Å². The zero-order valence-electron chi connectivity index (χ0n) is 9.36. The van der Waals surface area contributed by atoms with Gasteiger partial charge in [-0.2, -0.15) is 0 Å². The van der Waals surface area contributed by atoms with Gasteiger partial charge in [-0.1, -0.05) is 0 Å². The molecular formula is C10H20N2O3. The number of amides is 1. The lowest BCUT2D eigenvalue weighted by Gasteiger charge is -2.24. The Balaban J connectivity index is 2.27. The van der Waals surface area contributed by atoms with Gasteiger partial charge in [0, 0.05) is 12.1 Å². The summed E-state index contributed by atoms with van der Waals surface area (Å²) in [5, 5.41) is 2.86. The second-order valence-electron chi connectivity index (χ2n) is 4.06. The summed E-state index contributed by atoms with van der Waals surface area (Å²) in [6.07, 6.45) is 0.300. The fourth-order valence-corrected chi connectivity index (χ4v) is 1.59. The van der Waals surface area contributed by atoms with Crippen molar-refractivity contribution >= 4 is 5.91 Å². The van der Waals surface area contributed by atoms with Crippen molar-refractivity contribution in [2.24, 2.45) is 5.73 Å². The number of carbonyl (C=O) groups excluding carboxylic acids is 1. The first-order valence-corrected chi connectivity index (χ1v) is 5.35. The van der Waals surface area contributed by atoms with Gasteiger partial charge in [-0.25, -0.2) is 0 Å². The maximum absolute atomic E-state index is 11.6. The fraction of sp³-hybridized carbons (Fsp3) is 0.900. The molecule has 0 aliphatic carbocycles. The molecule has 0 radical (unpaired) electrons. The first-order valence-electron chi connectivity index (χ1n) is 5.35. The number of hydrogen-bond acceptors (Lipinski definition) is 4. The smallest absolute Gasteiger partial charge is 0.251 e. The molecule has 0 spiro atoms. The van der Waals surface area contributed by atoms with Gasteiger partial charge in [0.25, 0.3) is 5.91 Å². The van der Waals surface area contributed by atoms with Gasteiger partial charge in [0.1, 0.15) is 0 Å². The predicted molar refractivity (Wildman–Crippen MR) is 56.4 cm³/mol.